The lowest BCUT2D eigenvalue weighted by molar-refractivity contribution is 0.199. The molecule has 6 nitrogen and oxygen atoms in total. The lowest BCUT2D eigenvalue weighted by Crippen LogP contribution is -2.40. The first-order chi connectivity index (χ1) is 9.97. The molecule has 0 radical (unpaired) electrons. The molecule has 1 aromatic carbocycles. The monoisotopic (exact) mass is 311 g/mol. The smallest absolute Gasteiger partial charge is 0.317 e. The van der Waals surface area contributed by atoms with Gasteiger partial charge in [-0.3, -0.25) is 0 Å². The number of benzene rings is 1. The molecule has 1 aliphatic heterocycles. The van der Waals surface area contributed by atoms with Crippen LogP contribution in [0, 0.1) is 0 Å². The van der Waals surface area contributed by atoms with Gasteiger partial charge in [-0.05, 0) is 30.5 Å². The van der Waals surface area contributed by atoms with Crippen molar-refractivity contribution < 1.29 is 13.2 Å². The number of hydrogen-bond acceptors (Lipinski definition) is 3. The number of sulfonamides is 1. The molecule has 1 saturated heterocycles. The van der Waals surface area contributed by atoms with Crippen LogP contribution in [0.15, 0.2) is 29.2 Å². The number of urea groups is 1. The van der Waals surface area contributed by atoms with E-state index in [9.17, 15) is 13.2 Å². The molecule has 1 aliphatic rings. The zero-order valence-electron chi connectivity index (χ0n) is 11.9. The molecule has 0 aromatic heterocycles. The summed E-state index contributed by atoms with van der Waals surface area (Å²) in [6, 6.07) is 6.14. The van der Waals surface area contributed by atoms with E-state index >= 15 is 0 Å². The topological polar surface area (TPSA) is 92.5 Å². The summed E-state index contributed by atoms with van der Waals surface area (Å²) in [6.45, 7) is 1.98. The van der Waals surface area contributed by atoms with Crippen LogP contribution in [0.3, 0.4) is 0 Å². The summed E-state index contributed by atoms with van der Waals surface area (Å²) in [5, 5.41) is 7.90. The SMILES string of the molecule is NS(=O)(=O)c1ccc(CNC(=O)N2CCCCCC2)cc1. The molecule has 0 aliphatic carbocycles. The highest BCUT2D eigenvalue weighted by Gasteiger charge is 2.15. The molecule has 1 aromatic rings. The van der Waals surface area contributed by atoms with Crippen LogP contribution in [0.4, 0.5) is 4.79 Å². The fraction of sp³-hybridized carbons (Fsp3) is 0.500. The second-order valence-corrected chi connectivity index (χ2v) is 6.81. The quantitative estimate of drug-likeness (QED) is 0.884. The van der Waals surface area contributed by atoms with Crippen molar-refractivity contribution >= 4 is 16.1 Å². The van der Waals surface area contributed by atoms with Crippen LogP contribution in [-0.2, 0) is 16.6 Å². The molecule has 116 valence electrons. The summed E-state index contributed by atoms with van der Waals surface area (Å²) >= 11 is 0. The first-order valence-corrected chi connectivity index (χ1v) is 8.66. The number of nitrogens with two attached hydrogens (primary N) is 1. The molecule has 1 fully saturated rings. The van der Waals surface area contributed by atoms with E-state index in [0.717, 1.165) is 31.5 Å². The standard InChI is InChI=1S/C14H21N3O3S/c15-21(19,20)13-7-5-12(6-8-13)11-16-14(18)17-9-3-1-2-4-10-17/h5-8H,1-4,9-11H2,(H,16,18)(H2,15,19,20). The van der Waals surface area contributed by atoms with Crippen LogP contribution >= 0.6 is 0 Å². The van der Waals surface area contributed by atoms with Gasteiger partial charge in [-0.1, -0.05) is 25.0 Å². The predicted octanol–water partition coefficient (Wildman–Crippen LogP) is 1.42. The maximum atomic E-state index is 12.0. The van der Waals surface area contributed by atoms with Crippen molar-refractivity contribution in [2.75, 3.05) is 13.1 Å². The molecule has 2 rings (SSSR count). The lowest BCUT2D eigenvalue weighted by Gasteiger charge is -2.20. The molecule has 0 spiro atoms. The zero-order valence-corrected chi connectivity index (χ0v) is 12.7. The highest BCUT2D eigenvalue weighted by atomic mass is 32.2. The average molecular weight is 311 g/mol. The Balaban J connectivity index is 1.89. The van der Waals surface area contributed by atoms with Gasteiger partial charge in [-0.15, -0.1) is 0 Å². The maximum absolute atomic E-state index is 12.0. The first kappa shape index (κ1) is 15.8. The van der Waals surface area contributed by atoms with Gasteiger partial charge in [0.05, 0.1) is 4.90 Å². The molecule has 3 N–H and O–H groups in total. The fourth-order valence-corrected chi connectivity index (χ4v) is 2.88. The molecule has 0 unspecified atom stereocenters. The zero-order chi connectivity index (χ0) is 15.3. The van der Waals surface area contributed by atoms with Gasteiger partial charge >= 0.3 is 6.03 Å². The number of nitrogens with zero attached hydrogens (tertiary/aromatic N) is 1. The Morgan fingerprint density at radius 2 is 1.67 bits per heavy atom. The van der Waals surface area contributed by atoms with E-state index in [1.807, 2.05) is 4.90 Å². The van der Waals surface area contributed by atoms with Gasteiger partial charge in [0.25, 0.3) is 0 Å². The van der Waals surface area contributed by atoms with Crippen LogP contribution in [0.2, 0.25) is 0 Å². The molecule has 21 heavy (non-hydrogen) atoms. The third kappa shape index (κ3) is 4.71. The summed E-state index contributed by atoms with van der Waals surface area (Å²) in [6.07, 6.45) is 4.46. The van der Waals surface area contributed by atoms with Crippen molar-refractivity contribution in [2.45, 2.75) is 37.1 Å². The van der Waals surface area contributed by atoms with Crippen LogP contribution in [0.25, 0.3) is 0 Å². The number of nitrogens with one attached hydrogen (secondary N) is 1. The first-order valence-electron chi connectivity index (χ1n) is 7.11. The Labute approximate surface area is 125 Å². The number of carbonyl (C=O) groups excluding carboxylic acids is 1. The van der Waals surface area contributed by atoms with Crippen molar-refractivity contribution in [1.82, 2.24) is 10.2 Å². The van der Waals surface area contributed by atoms with Gasteiger partial charge in [0.15, 0.2) is 0 Å². The molecule has 0 saturated carbocycles. The Bertz CT molecular complexity index is 576. The Morgan fingerprint density at radius 3 is 2.19 bits per heavy atom. The summed E-state index contributed by atoms with van der Waals surface area (Å²) in [4.78, 5) is 14.0. The molecule has 7 heteroatoms. The van der Waals surface area contributed by atoms with Crippen molar-refractivity contribution in [3.63, 3.8) is 0 Å². The van der Waals surface area contributed by atoms with E-state index in [4.69, 9.17) is 5.14 Å². The van der Waals surface area contributed by atoms with Crippen LogP contribution in [0.1, 0.15) is 31.2 Å². The van der Waals surface area contributed by atoms with E-state index in [2.05, 4.69) is 5.32 Å². The minimum Gasteiger partial charge on any atom is -0.334 e. The van der Waals surface area contributed by atoms with E-state index in [-0.39, 0.29) is 10.9 Å². The van der Waals surface area contributed by atoms with Gasteiger partial charge in [-0.25, -0.2) is 18.4 Å². The Hall–Kier alpha value is -1.60. The summed E-state index contributed by atoms with van der Waals surface area (Å²) in [7, 11) is -3.67. The summed E-state index contributed by atoms with van der Waals surface area (Å²) in [5.74, 6) is 0. The fourth-order valence-electron chi connectivity index (χ4n) is 2.36. The van der Waals surface area contributed by atoms with Gasteiger partial charge in [0.2, 0.25) is 10.0 Å². The van der Waals surface area contributed by atoms with Crippen molar-refractivity contribution in [3.05, 3.63) is 29.8 Å². The molecule has 0 bridgehead atoms. The summed E-state index contributed by atoms with van der Waals surface area (Å²) < 4.78 is 22.3. The molecular weight excluding hydrogens is 290 g/mol. The summed E-state index contributed by atoms with van der Waals surface area (Å²) in [5.41, 5.74) is 0.838. The lowest BCUT2D eigenvalue weighted by atomic mass is 10.2. The van der Waals surface area contributed by atoms with E-state index in [0.29, 0.717) is 6.54 Å². The van der Waals surface area contributed by atoms with Crippen molar-refractivity contribution in [1.29, 1.82) is 0 Å². The van der Waals surface area contributed by atoms with Crippen LogP contribution in [0.5, 0.6) is 0 Å². The molecule has 1 heterocycles. The normalized spacial score (nSPS) is 16.3. The number of likely N-dealkylation sites (tertiary alicyclic amines) is 1. The number of primary sulfonamides is 1. The minimum atomic E-state index is -3.67. The maximum Gasteiger partial charge on any atom is 0.317 e. The number of carbonyl (C=O) groups is 1. The predicted molar refractivity (Wildman–Crippen MR) is 80.1 cm³/mol. The van der Waals surface area contributed by atoms with E-state index < -0.39 is 10.0 Å². The number of hydrogen-bond donors (Lipinski definition) is 2. The Kier molecular flexibility index (Phi) is 5.19. The second-order valence-electron chi connectivity index (χ2n) is 5.25. The third-order valence-corrected chi connectivity index (χ3v) is 4.52. The largest absolute Gasteiger partial charge is 0.334 e. The molecule has 0 atom stereocenters. The molecular formula is C14H21N3O3S. The highest BCUT2D eigenvalue weighted by Crippen LogP contribution is 2.11. The van der Waals surface area contributed by atoms with Crippen LogP contribution in [-0.4, -0.2) is 32.4 Å². The van der Waals surface area contributed by atoms with Gasteiger partial charge in [0.1, 0.15) is 0 Å². The van der Waals surface area contributed by atoms with Crippen LogP contribution < -0.4 is 10.5 Å². The third-order valence-electron chi connectivity index (χ3n) is 3.59. The second kappa shape index (κ2) is 6.91. The van der Waals surface area contributed by atoms with E-state index in [1.54, 1.807) is 12.1 Å². The van der Waals surface area contributed by atoms with Crippen molar-refractivity contribution in [2.24, 2.45) is 5.14 Å². The number of amides is 2. The number of rotatable bonds is 3. The molecule has 2 amide bonds. The Morgan fingerprint density at radius 1 is 1.10 bits per heavy atom. The van der Waals surface area contributed by atoms with Gasteiger partial charge < -0.3 is 10.2 Å². The van der Waals surface area contributed by atoms with Gasteiger partial charge in [-0.2, -0.15) is 0 Å². The van der Waals surface area contributed by atoms with Crippen molar-refractivity contribution in [3.8, 4) is 0 Å². The average Bonchev–Trinajstić information content (AvgIpc) is 2.73. The van der Waals surface area contributed by atoms with Gasteiger partial charge in [0, 0.05) is 19.6 Å². The highest BCUT2D eigenvalue weighted by molar-refractivity contribution is 7.89. The minimum absolute atomic E-state index is 0.0626. The van der Waals surface area contributed by atoms with E-state index in [1.165, 1.54) is 25.0 Å².